The van der Waals surface area contributed by atoms with Gasteiger partial charge >= 0.3 is 0 Å². The predicted octanol–water partition coefficient (Wildman–Crippen LogP) is 4.51. The lowest BCUT2D eigenvalue weighted by atomic mass is 9.80. The molecule has 21 heavy (non-hydrogen) atoms. The third-order valence-electron chi connectivity index (χ3n) is 5.13. The normalized spacial score (nSPS) is 29.1. The van der Waals surface area contributed by atoms with E-state index in [1.54, 1.807) is 0 Å². The van der Waals surface area contributed by atoms with Crippen LogP contribution in [0.25, 0.3) is 0 Å². The molecular formula is C19H30O2. The molecule has 5 unspecified atom stereocenters. The van der Waals surface area contributed by atoms with Crippen molar-refractivity contribution in [3.8, 4) is 0 Å². The van der Waals surface area contributed by atoms with Crippen LogP contribution in [-0.4, -0.2) is 17.3 Å². The summed E-state index contributed by atoms with van der Waals surface area (Å²) in [5.74, 6) is 1.52. The van der Waals surface area contributed by atoms with E-state index < -0.39 is 6.10 Å². The first kappa shape index (κ1) is 16.5. The van der Waals surface area contributed by atoms with Crippen molar-refractivity contribution in [2.24, 2.45) is 11.8 Å². The molecule has 0 spiro atoms. The van der Waals surface area contributed by atoms with Crippen LogP contribution in [-0.2, 0) is 11.2 Å². The van der Waals surface area contributed by atoms with Crippen LogP contribution in [0.15, 0.2) is 24.3 Å². The molecule has 0 radical (unpaired) electrons. The van der Waals surface area contributed by atoms with Gasteiger partial charge in [-0.05, 0) is 55.6 Å². The molecule has 1 N–H and O–H groups in total. The van der Waals surface area contributed by atoms with Gasteiger partial charge in [0.1, 0.15) is 6.10 Å². The number of aryl methyl sites for hydroxylation is 1. The van der Waals surface area contributed by atoms with Crippen molar-refractivity contribution in [1.82, 2.24) is 0 Å². The van der Waals surface area contributed by atoms with Crippen LogP contribution in [0.3, 0.4) is 0 Å². The molecule has 0 amide bonds. The van der Waals surface area contributed by atoms with Crippen LogP contribution in [0.2, 0.25) is 0 Å². The molecule has 2 rings (SSSR count). The van der Waals surface area contributed by atoms with E-state index in [9.17, 15) is 5.11 Å². The van der Waals surface area contributed by atoms with E-state index in [1.807, 2.05) is 19.1 Å². The van der Waals surface area contributed by atoms with Gasteiger partial charge < -0.3 is 9.84 Å². The Kier molecular flexibility index (Phi) is 5.83. The summed E-state index contributed by atoms with van der Waals surface area (Å²) in [6.07, 6.45) is 4.12. The van der Waals surface area contributed by atoms with Crippen LogP contribution in [0.4, 0.5) is 0 Å². The summed E-state index contributed by atoms with van der Waals surface area (Å²) in [4.78, 5) is 0. The lowest BCUT2D eigenvalue weighted by Crippen LogP contribution is -2.31. The Balaban J connectivity index is 1.91. The maximum atomic E-state index is 10.5. The van der Waals surface area contributed by atoms with Crippen molar-refractivity contribution in [3.05, 3.63) is 35.4 Å². The lowest BCUT2D eigenvalue weighted by Gasteiger charge is -2.34. The third kappa shape index (κ3) is 4.31. The van der Waals surface area contributed by atoms with Crippen molar-refractivity contribution in [2.75, 3.05) is 0 Å². The van der Waals surface area contributed by atoms with Gasteiger partial charge in [0.2, 0.25) is 0 Å². The van der Waals surface area contributed by atoms with Crippen LogP contribution >= 0.6 is 0 Å². The van der Waals surface area contributed by atoms with Crippen LogP contribution in [0, 0.1) is 11.8 Å². The van der Waals surface area contributed by atoms with Crippen molar-refractivity contribution in [2.45, 2.75) is 71.7 Å². The molecule has 1 aliphatic carbocycles. The van der Waals surface area contributed by atoms with E-state index >= 15 is 0 Å². The van der Waals surface area contributed by atoms with Gasteiger partial charge in [-0.3, -0.25) is 0 Å². The largest absolute Gasteiger partial charge is 0.386 e. The molecule has 1 aliphatic rings. The number of rotatable bonds is 5. The zero-order valence-corrected chi connectivity index (χ0v) is 13.9. The van der Waals surface area contributed by atoms with Crippen molar-refractivity contribution in [1.29, 1.82) is 0 Å². The highest BCUT2D eigenvalue weighted by molar-refractivity contribution is 5.24. The summed E-state index contributed by atoms with van der Waals surface area (Å²) in [6.45, 7) is 8.77. The Morgan fingerprint density at radius 1 is 1.14 bits per heavy atom. The van der Waals surface area contributed by atoms with Gasteiger partial charge in [0, 0.05) is 0 Å². The number of hydrogen-bond acceptors (Lipinski definition) is 2. The molecule has 0 aromatic heterocycles. The molecule has 2 nitrogen and oxygen atoms in total. The Morgan fingerprint density at radius 3 is 2.38 bits per heavy atom. The fourth-order valence-electron chi connectivity index (χ4n) is 3.22. The first-order valence-electron chi connectivity index (χ1n) is 8.43. The molecule has 0 heterocycles. The van der Waals surface area contributed by atoms with Crippen LogP contribution in [0.5, 0.6) is 0 Å². The molecule has 0 saturated heterocycles. The van der Waals surface area contributed by atoms with E-state index in [0.717, 1.165) is 36.7 Å². The molecule has 118 valence electrons. The Morgan fingerprint density at radius 2 is 1.81 bits per heavy atom. The molecule has 5 atom stereocenters. The van der Waals surface area contributed by atoms with E-state index in [-0.39, 0.29) is 6.10 Å². The molecule has 0 aliphatic heterocycles. The van der Waals surface area contributed by atoms with Gasteiger partial charge in [-0.25, -0.2) is 0 Å². The average Bonchev–Trinajstić information content (AvgIpc) is 2.50. The molecule has 1 aromatic carbocycles. The molecule has 1 aromatic rings. The van der Waals surface area contributed by atoms with Crippen molar-refractivity contribution < 1.29 is 9.84 Å². The summed E-state index contributed by atoms with van der Waals surface area (Å²) in [5.41, 5.74) is 2.26. The van der Waals surface area contributed by atoms with Gasteiger partial charge in [0.05, 0.1) is 12.2 Å². The highest BCUT2D eigenvalue weighted by Gasteiger charge is 2.28. The van der Waals surface area contributed by atoms with Gasteiger partial charge in [-0.2, -0.15) is 0 Å². The minimum atomic E-state index is -0.537. The van der Waals surface area contributed by atoms with Crippen molar-refractivity contribution >= 4 is 0 Å². The highest BCUT2D eigenvalue weighted by atomic mass is 16.5. The number of benzene rings is 1. The number of aliphatic hydroxyl groups excluding tert-OH is 1. The summed E-state index contributed by atoms with van der Waals surface area (Å²) < 4.78 is 6.13. The molecule has 1 fully saturated rings. The minimum absolute atomic E-state index is 0.150. The maximum absolute atomic E-state index is 10.5. The molecule has 2 heteroatoms. The smallest absolute Gasteiger partial charge is 0.105 e. The highest BCUT2D eigenvalue weighted by Crippen LogP contribution is 2.33. The van der Waals surface area contributed by atoms with Gasteiger partial charge in [0.25, 0.3) is 0 Å². The minimum Gasteiger partial charge on any atom is -0.386 e. The van der Waals surface area contributed by atoms with E-state index in [1.165, 1.54) is 12.0 Å². The second kappa shape index (κ2) is 7.42. The van der Waals surface area contributed by atoms with Gasteiger partial charge in [0.15, 0.2) is 0 Å². The standard InChI is InChI=1S/C19H30O2/c1-5-16-7-9-17(10-8-16)19(20)15(4)21-18-11-6-13(2)14(3)12-18/h7-10,13-15,18-20H,5-6,11-12H2,1-4H3. The predicted molar refractivity (Wildman–Crippen MR) is 87.3 cm³/mol. The van der Waals surface area contributed by atoms with Crippen molar-refractivity contribution in [3.63, 3.8) is 0 Å². The zero-order valence-electron chi connectivity index (χ0n) is 13.9. The van der Waals surface area contributed by atoms with Crippen LogP contribution in [0.1, 0.15) is 64.2 Å². The summed E-state index contributed by atoms with van der Waals surface area (Å²) in [6, 6.07) is 8.23. The summed E-state index contributed by atoms with van der Waals surface area (Å²) in [5, 5.41) is 10.5. The van der Waals surface area contributed by atoms with E-state index in [0.29, 0.717) is 6.10 Å². The second-order valence-corrected chi connectivity index (χ2v) is 6.77. The first-order valence-corrected chi connectivity index (χ1v) is 8.43. The van der Waals surface area contributed by atoms with E-state index in [4.69, 9.17) is 4.74 Å². The fraction of sp³-hybridized carbons (Fsp3) is 0.684. The topological polar surface area (TPSA) is 29.5 Å². The Labute approximate surface area is 129 Å². The monoisotopic (exact) mass is 290 g/mol. The Bertz CT molecular complexity index is 426. The van der Waals surface area contributed by atoms with Crippen LogP contribution < -0.4 is 0 Å². The zero-order chi connectivity index (χ0) is 15.4. The second-order valence-electron chi connectivity index (χ2n) is 6.77. The lowest BCUT2D eigenvalue weighted by molar-refractivity contribution is -0.0899. The first-order chi connectivity index (χ1) is 10.0. The third-order valence-corrected chi connectivity index (χ3v) is 5.13. The SMILES string of the molecule is CCc1ccc(C(O)C(C)OC2CCC(C)C(C)C2)cc1. The van der Waals surface area contributed by atoms with E-state index in [2.05, 4.69) is 32.9 Å². The average molecular weight is 290 g/mol. The number of ether oxygens (including phenoxy) is 1. The van der Waals surface area contributed by atoms with Gasteiger partial charge in [-0.1, -0.05) is 45.0 Å². The summed E-state index contributed by atoms with van der Waals surface area (Å²) in [7, 11) is 0. The molecule has 1 saturated carbocycles. The quantitative estimate of drug-likeness (QED) is 0.864. The number of hydrogen-bond donors (Lipinski definition) is 1. The Hall–Kier alpha value is -0.860. The van der Waals surface area contributed by atoms with Gasteiger partial charge in [-0.15, -0.1) is 0 Å². The number of aliphatic hydroxyl groups is 1. The molecular weight excluding hydrogens is 260 g/mol. The fourth-order valence-corrected chi connectivity index (χ4v) is 3.22. The molecule has 0 bridgehead atoms. The summed E-state index contributed by atoms with van der Waals surface area (Å²) >= 11 is 0. The maximum Gasteiger partial charge on any atom is 0.105 e.